The topological polar surface area (TPSA) is 55.1 Å². The molecule has 2 aromatic rings. The lowest BCUT2D eigenvalue weighted by molar-refractivity contribution is 0.0477. The number of halogens is 1. The van der Waals surface area contributed by atoms with Crippen LogP contribution in [-0.2, 0) is 18.6 Å². The van der Waals surface area contributed by atoms with Gasteiger partial charge in [0.1, 0.15) is 0 Å². The zero-order valence-electron chi connectivity index (χ0n) is 12.1. The predicted molar refractivity (Wildman–Crippen MR) is 75.2 cm³/mol. The van der Waals surface area contributed by atoms with Gasteiger partial charge in [-0.25, -0.2) is 4.39 Å². The van der Waals surface area contributed by atoms with E-state index in [1.807, 2.05) is 19.1 Å². The standard InChI is InChI=1S/C15H19FN4O/c1-2-14-18-13(19-21-14)11-20-9-6-15(16,7-10-20)12-5-3-4-8-17-12/h3-5,8H,2,6-7,9-11H2,1H3. The highest BCUT2D eigenvalue weighted by molar-refractivity contribution is 5.14. The molecular weight excluding hydrogens is 271 g/mol. The van der Waals surface area contributed by atoms with E-state index in [1.165, 1.54) is 0 Å². The highest BCUT2D eigenvalue weighted by Gasteiger charge is 2.37. The number of nitrogens with zero attached hydrogens (tertiary/aromatic N) is 4. The number of alkyl halides is 1. The molecule has 6 heteroatoms. The zero-order chi connectivity index (χ0) is 14.7. The second kappa shape index (κ2) is 5.89. The smallest absolute Gasteiger partial charge is 0.226 e. The molecule has 0 atom stereocenters. The third-order valence-corrected chi connectivity index (χ3v) is 3.95. The molecule has 3 heterocycles. The number of hydrogen-bond acceptors (Lipinski definition) is 5. The molecule has 0 radical (unpaired) electrons. The van der Waals surface area contributed by atoms with Gasteiger partial charge in [0.25, 0.3) is 0 Å². The van der Waals surface area contributed by atoms with Crippen LogP contribution in [0.3, 0.4) is 0 Å². The summed E-state index contributed by atoms with van der Waals surface area (Å²) in [5.41, 5.74) is -0.777. The Bertz CT molecular complexity index is 578. The minimum absolute atomic E-state index is 0.447. The van der Waals surface area contributed by atoms with Gasteiger partial charge < -0.3 is 4.52 Å². The fraction of sp³-hybridized carbons (Fsp3) is 0.533. The second-order valence-electron chi connectivity index (χ2n) is 5.41. The van der Waals surface area contributed by atoms with Gasteiger partial charge in [0, 0.05) is 25.7 Å². The van der Waals surface area contributed by atoms with Crippen molar-refractivity contribution in [3.63, 3.8) is 0 Å². The van der Waals surface area contributed by atoms with E-state index in [2.05, 4.69) is 20.0 Å². The molecule has 21 heavy (non-hydrogen) atoms. The van der Waals surface area contributed by atoms with E-state index in [0.717, 1.165) is 6.42 Å². The first-order valence-electron chi connectivity index (χ1n) is 7.34. The van der Waals surface area contributed by atoms with E-state index in [4.69, 9.17) is 4.52 Å². The van der Waals surface area contributed by atoms with Crippen molar-refractivity contribution in [2.24, 2.45) is 0 Å². The van der Waals surface area contributed by atoms with Crippen LogP contribution in [0, 0.1) is 0 Å². The average molecular weight is 290 g/mol. The van der Waals surface area contributed by atoms with Gasteiger partial charge in [-0.1, -0.05) is 18.1 Å². The summed E-state index contributed by atoms with van der Waals surface area (Å²) in [4.78, 5) is 10.6. The van der Waals surface area contributed by atoms with Crippen molar-refractivity contribution >= 4 is 0 Å². The van der Waals surface area contributed by atoms with Crippen LogP contribution in [0.2, 0.25) is 0 Å². The van der Waals surface area contributed by atoms with E-state index in [1.54, 1.807) is 12.3 Å². The van der Waals surface area contributed by atoms with Gasteiger partial charge in [-0.15, -0.1) is 0 Å². The minimum atomic E-state index is -1.32. The Kier molecular flexibility index (Phi) is 3.96. The molecule has 112 valence electrons. The highest BCUT2D eigenvalue weighted by Crippen LogP contribution is 2.35. The van der Waals surface area contributed by atoms with E-state index in [0.29, 0.717) is 49.9 Å². The molecule has 0 bridgehead atoms. The van der Waals surface area contributed by atoms with Gasteiger partial charge in [-0.3, -0.25) is 9.88 Å². The summed E-state index contributed by atoms with van der Waals surface area (Å²) >= 11 is 0. The molecule has 0 saturated carbocycles. The Morgan fingerprint density at radius 3 is 2.76 bits per heavy atom. The molecular formula is C15H19FN4O. The first kappa shape index (κ1) is 14.1. The molecule has 0 N–H and O–H groups in total. The lowest BCUT2D eigenvalue weighted by Gasteiger charge is -2.35. The maximum atomic E-state index is 14.9. The summed E-state index contributed by atoms with van der Waals surface area (Å²) in [5.74, 6) is 1.33. The lowest BCUT2D eigenvalue weighted by Crippen LogP contribution is -2.40. The van der Waals surface area contributed by atoms with Crippen molar-refractivity contribution in [1.82, 2.24) is 20.0 Å². The van der Waals surface area contributed by atoms with E-state index >= 15 is 0 Å². The highest BCUT2D eigenvalue weighted by atomic mass is 19.1. The summed E-state index contributed by atoms with van der Waals surface area (Å²) in [6.07, 6.45) is 3.28. The lowest BCUT2D eigenvalue weighted by atomic mass is 9.89. The van der Waals surface area contributed by atoms with Crippen LogP contribution in [0.5, 0.6) is 0 Å². The van der Waals surface area contributed by atoms with Crippen LogP contribution in [0.15, 0.2) is 28.9 Å². The van der Waals surface area contributed by atoms with Crippen LogP contribution in [0.25, 0.3) is 0 Å². The quantitative estimate of drug-likeness (QED) is 0.866. The Hall–Kier alpha value is -1.82. The van der Waals surface area contributed by atoms with E-state index in [-0.39, 0.29) is 0 Å². The van der Waals surface area contributed by atoms with Crippen molar-refractivity contribution in [1.29, 1.82) is 0 Å². The summed E-state index contributed by atoms with van der Waals surface area (Å²) in [6.45, 7) is 3.93. The van der Waals surface area contributed by atoms with Gasteiger partial charge in [0.2, 0.25) is 5.89 Å². The van der Waals surface area contributed by atoms with Gasteiger partial charge in [-0.05, 0) is 25.0 Å². The monoisotopic (exact) mass is 290 g/mol. The first-order chi connectivity index (χ1) is 10.2. The van der Waals surface area contributed by atoms with Crippen LogP contribution in [-0.4, -0.2) is 33.1 Å². The van der Waals surface area contributed by atoms with Crippen LogP contribution < -0.4 is 0 Å². The average Bonchev–Trinajstić information content (AvgIpc) is 2.98. The third-order valence-electron chi connectivity index (χ3n) is 3.95. The Morgan fingerprint density at radius 2 is 2.14 bits per heavy atom. The number of hydrogen-bond donors (Lipinski definition) is 0. The Labute approximate surface area is 123 Å². The number of aryl methyl sites for hydroxylation is 1. The summed E-state index contributed by atoms with van der Waals surface area (Å²) < 4.78 is 20.0. The van der Waals surface area contributed by atoms with Crippen molar-refractivity contribution in [3.05, 3.63) is 41.8 Å². The molecule has 0 aromatic carbocycles. The van der Waals surface area contributed by atoms with Crippen LogP contribution >= 0.6 is 0 Å². The maximum Gasteiger partial charge on any atom is 0.226 e. The molecule has 2 aromatic heterocycles. The molecule has 0 unspecified atom stereocenters. The second-order valence-corrected chi connectivity index (χ2v) is 5.41. The number of rotatable bonds is 4. The number of piperidine rings is 1. The van der Waals surface area contributed by atoms with Crippen molar-refractivity contribution < 1.29 is 8.91 Å². The summed E-state index contributed by atoms with van der Waals surface area (Å²) in [6, 6.07) is 5.41. The van der Waals surface area contributed by atoms with Gasteiger partial charge >= 0.3 is 0 Å². The number of likely N-dealkylation sites (tertiary alicyclic amines) is 1. The molecule has 0 spiro atoms. The van der Waals surface area contributed by atoms with Crippen molar-refractivity contribution in [3.8, 4) is 0 Å². The Balaban J connectivity index is 1.60. The molecule has 1 saturated heterocycles. The largest absolute Gasteiger partial charge is 0.339 e. The Morgan fingerprint density at radius 1 is 1.33 bits per heavy atom. The fourth-order valence-corrected chi connectivity index (χ4v) is 2.65. The molecule has 5 nitrogen and oxygen atoms in total. The van der Waals surface area contributed by atoms with Crippen LogP contribution in [0.1, 0.15) is 37.2 Å². The molecule has 0 amide bonds. The minimum Gasteiger partial charge on any atom is -0.339 e. The first-order valence-corrected chi connectivity index (χ1v) is 7.34. The molecule has 1 aliphatic rings. The molecule has 1 aliphatic heterocycles. The number of aromatic nitrogens is 3. The third kappa shape index (κ3) is 3.10. The summed E-state index contributed by atoms with van der Waals surface area (Å²) in [7, 11) is 0. The molecule has 3 rings (SSSR count). The van der Waals surface area contributed by atoms with Crippen LogP contribution in [0.4, 0.5) is 4.39 Å². The normalized spacial score (nSPS) is 18.8. The van der Waals surface area contributed by atoms with Gasteiger partial charge in [-0.2, -0.15) is 4.98 Å². The van der Waals surface area contributed by atoms with E-state index < -0.39 is 5.67 Å². The van der Waals surface area contributed by atoms with Crippen molar-refractivity contribution in [2.75, 3.05) is 13.1 Å². The van der Waals surface area contributed by atoms with Gasteiger partial charge in [0.05, 0.1) is 12.2 Å². The SMILES string of the molecule is CCc1nc(CN2CCC(F)(c3ccccn3)CC2)no1. The van der Waals surface area contributed by atoms with E-state index in [9.17, 15) is 4.39 Å². The number of pyridine rings is 1. The molecule has 0 aliphatic carbocycles. The van der Waals surface area contributed by atoms with Crippen molar-refractivity contribution in [2.45, 2.75) is 38.4 Å². The zero-order valence-corrected chi connectivity index (χ0v) is 12.1. The predicted octanol–water partition coefficient (Wildman–Crippen LogP) is 2.49. The maximum absolute atomic E-state index is 14.9. The molecule has 1 fully saturated rings. The summed E-state index contributed by atoms with van der Waals surface area (Å²) in [5, 5.41) is 3.94. The fourth-order valence-electron chi connectivity index (χ4n) is 2.65. The van der Waals surface area contributed by atoms with Gasteiger partial charge in [0.15, 0.2) is 11.5 Å².